The largest absolute Gasteiger partial charge is 0.383 e. The Hall–Kier alpha value is -0.610. The van der Waals surface area contributed by atoms with Gasteiger partial charge in [0.15, 0.2) is 0 Å². The highest BCUT2D eigenvalue weighted by molar-refractivity contribution is 5.79. The maximum atomic E-state index is 11.5. The second-order valence-corrected chi connectivity index (χ2v) is 4.58. The topological polar surface area (TPSA) is 50.4 Å². The van der Waals surface area contributed by atoms with Crippen LogP contribution in [0.3, 0.4) is 0 Å². The average molecular weight is 228 g/mol. The average Bonchev–Trinajstić information content (AvgIpc) is 2.14. The summed E-state index contributed by atoms with van der Waals surface area (Å²) >= 11 is 0. The van der Waals surface area contributed by atoms with E-state index in [1.165, 1.54) is 6.42 Å². The molecule has 1 saturated carbocycles. The fourth-order valence-electron chi connectivity index (χ4n) is 1.77. The smallest absolute Gasteiger partial charge is 0.223 e. The Balaban J connectivity index is 1.89. The second-order valence-electron chi connectivity index (χ2n) is 4.58. The highest BCUT2D eigenvalue weighted by Crippen LogP contribution is 2.25. The summed E-state index contributed by atoms with van der Waals surface area (Å²) in [6.07, 6.45) is 4.35. The number of methoxy groups -OCH3 is 1. The van der Waals surface area contributed by atoms with Gasteiger partial charge in [0.1, 0.15) is 0 Å². The Kier molecular flexibility index (Phi) is 6.42. The maximum Gasteiger partial charge on any atom is 0.223 e. The minimum Gasteiger partial charge on any atom is -0.383 e. The Morgan fingerprint density at radius 3 is 2.75 bits per heavy atom. The summed E-state index contributed by atoms with van der Waals surface area (Å²) in [6.45, 7) is 4.53. The third kappa shape index (κ3) is 4.94. The predicted molar refractivity (Wildman–Crippen MR) is 64.3 cm³/mol. The van der Waals surface area contributed by atoms with Crippen LogP contribution in [0.25, 0.3) is 0 Å². The minimum absolute atomic E-state index is 0.246. The van der Waals surface area contributed by atoms with E-state index >= 15 is 0 Å². The normalized spacial score (nSPS) is 17.9. The molecule has 0 saturated heterocycles. The van der Waals surface area contributed by atoms with Gasteiger partial charge in [-0.15, -0.1) is 0 Å². The second kappa shape index (κ2) is 7.63. The lowest BCUT2D eigenvalue weighted by Crippen LogP contribution is -2.37. The number of carbonyl (C=O) groups is 1. The maximum absolute atomic E-state index is 11.5. The SMILES string of the molecule is COCC(C)NCCCNC(=O)C1CCC1. The summed E-state index contributed by atoms with van der Waals surface area (Å²) < 4.78 is 5.02. The molecule has 1 fully saturated rings. The van der Waals surface area contributed by atoms with Crippen LogP contribution in [0.4, 0.5) is 0 Å². The van der Waals surface area contributed by atoms with Crippen LogP contribution < -0.4 is 10.6 Å². The Morgan fingerprint density at radius 2 is 2.19 bits per heavy atom. The molecule has 1 aliphatic carbocycles. The summed E-state index contributed by atoms with van der Waals surface area (Å²) in [7, 11) is 1.71. The number of hydrogen-bond acceptors (Lipinski definition) is 3. The quantitative estimate of drug-likeness (QED) is 0.607. The number of hydrogen-bond donors (Lipinski definition) is 2. The molecule has 1 aliphatic rings. The first-order chi connectivity index (χ1) is 7.74. The molecule has 1 atom stereocenters. The van der Waals surface area contributed by atoms with E-state index in [0.717, 1.165) is 39.0 Å². The lowest BCUT2D eigenvalue weighted by molar-refractivity contribution is -0.127. The molecule has 94 valence electrons. The Bertz CT molecular complexity index is 205. The van der Waals surface area contributed by atoms with Gasteiger partial charge in [-0.1, -0.05) is 6.42 Å². The minimum atomic E-state index is 0.246. The molecule has 0 aliphatic heterocycles. The number of rotatable bonds is 8. The van der Waals surface area contributed by atoms with Crippen molar-refractivity contribution < 1.29 is 9.53 Å². The van der Waals surface area contributed by atoms with Crippen LogP contribution in [0, 0.1) is 5.92 Å². The first-order valence-electron chi connectivity index (χ1n) is 6.24. The van der Waals surface area contributed by atoms with E-state index < -0.39 is 0 Å². The molecular formula is C12H24N2O2. The third-order valence-electron chi connectivity index (χ3n) is 3.04. The van der Waals surface area contributed by atoms with Gasteiger partial charge >= 0.3 is 0 Å². The fourth-order valence-corrected chi connectivity index (χ4v) is 1.77. The zero-order valence-corrected chi connectivity index (χ0v) is 10.4. The van der Waals surface area contributed by atoms with Crippen molar-refractivity contribution in [2.24, 2.45) is 5.92 Å². The Morgan fingerprint density at radius 1 is 1.44 bits per heavy atom. The predicted octanol–water partition coefficient (Wildman–Crippen LogP) is 0.917. The van der Waals surface area contributed by atoms with Crippen LogP contribution in [-0.4, -0.2) is 38.8 Å². The van der Waals surface area contributed by atoms with Crippen molar-refractivity contribution in [2.45, 2.75) is 38.6 Å². The molecule has 0 aromatic carbocycles. The van der Waals surface area contributed by atoms with Crippen LogP contribution in [0.15, 0.2) is 0 Å². The summed E-state index contributed by atoms with van der Waals surface area (Å²) in [5, 5.41) is 6.32. The molecule has 2 N–H and O–H groups in total. The Labute approximate surface area is 98.1 Å². The molecular weight excluding hydrogens is 204 g/mol. The van der Waals surface area contributed by atoms with E-state index in [2.05, 4.69) is 17.6 Å². The van der Waals surface area contributed by atoms with Gasteiger partial charge in [-0.2, -0.15) is 0 Å². The van der Waals surface area contributed by atoms with E-state index in [1.54, 1.807) is 7.11 Å². The molecule has 4 heteroatoms. The van der Waals surface area contributed by atoms with E-state index in [4.69, 9.17) is 4.74 Å². The third-order valence-corrected chi connectivity index (χ3v) is 3.04. The zero-order chi connectivity index (χ0) is 11.8. The van der Waals surface area contributed by atoms with E-state index in [0.29, 0.717) is 12.0 Å². The van der Waals surface area contributed by atoms with Crippen molar-refractivity contribution in [1.29, 1.82) is 0 Å². The molecule has 1 rings (SSSR count). The van der Waals surface area contributed by atoms with Crippen LogP contribution in [0.2, 0.25) is 0 Å². The van der Waals surface area contributed by atoms with Crippen molar-refractivity contribution in [3.8, 4) is 0 Å². The van der Waals surface area contributed by atoms with Crippen LogP contribution in [0.1, 0.15) is 32.6 Å². The highest BCUT2D eigenvalue weighted by atomic mass is 16.5. The lowest BCUT2D eigenvalue weighted by Gasteiger charge is -2.24. The first kappa shape index (κ1) is 13.5. The van der Waals surface area contributed by atoms with E-state index in [9.17, 15) is 4.79 Å². The van der Waals surface area contributed by atoms with Gasteiger partial charge in [-0.3, -0.25) is 4.79 Å². The number of carbonyl (C=O) groups excluding carboxylic acids is 1. The van der Waals surface area contributed by atoms with Crippen LogP contribution in [-0.2, 0) is 9.53 Å². The number of nitrogens with one attached hydrogen (secondary N) is 2. The molecule has 0 aromatic rings. The summed E-state index contributed by atoms with van der Waals surface area (Å²) in [6, 6.07) is 0.382. The van der Waals surface area contributed by atoms with Crippen molar-refractivity contribution in [1.82, 2.24) is 10.6 Å². The van der Waals surface area contributed by atoms with E-state index in [-0.39, 0.29) is 5.91 Å². The van der Waals surface area contributed by atoms with Gasteiger partial charge < -0.3 is 15.4 Å². The number of ether oxygens (including phenoxy) is 1. The lowest BCUT2D eigenvalue weighted by atomic mass is 9.85. The van der Waals surface area contributed by atoms with Gasteiger partial charge in [-0.25, -0.2) is 0 Å². The van der Waals surface area contributed by atoms with Gasteiger partial charge in [0.2, 0.25) is 5.91 Å². The number of amides is 1. The van der Waals surface area contributed by atoms with Gasteiger partial charge in [-0.05, 0) is 32.7 Å². The summed E-state index contributed by atoms with van der Waals surface area (Å²) in [5.41, 5.74) is 0. The molecule has 4 nitrogen and oxygen atoms in total. The monoisotopic (exact) mass is 228 g/mol. The van der Waals surface area contributed by atoms with Crippen molar-refractivity contribution >= 4 is 5.91 Å². The molecule has 0 bridgehead atoms. The first-order valence-corrected chi connectivity index (χ1v) is 6.24. The molecule has 0 aromatic heterocycles. The van der Waals surface area contributed by atoms with Crippen molar-refractivity contribution in [3.63, 3.8) is 0 Å². The molecule has 1 unspecified atom stereocenters. The van der Waals surface area contributed by atoms with Crippen molar-refractivity contribution in [3.05, 3.63) is 0 Å². The molecule has 0 heterocycles. The molecule has 0 radical (unpaired) electrons. The van der Waals surface area contributed by atoms with Crippen LogP contribution in [0.5, 0.6) is 0 Å². The summed E-state index contributed by atoms with van der Waals surface area (Å²) in [5.74, 6) is 0.552. The molecule has 1 amide bonds. The van der Waals surface area contributed by atoms with Gasteiger partial charge in [0, 0.05) is 25.6 Å². The summed E-state index contributed by atoms with van der Waals surface area (Å²) in [4.78, 5) is 11.5. The van der Waals surface area contributed by atoms with Gasteiger partial charge in [0.25, 0.3) is 0 Å². The standard InChI is InChI=1S/C12H24N2O2/c1-10(9-16-2)13-7-4-8-14-12(15)11-5-3-6-11/h10-11,13H,3-9H2,1-2H3,(H,14,15). The van der Waals surface area contributed by atoms with Crippen molar-refractivity contribution in [2.75, 3.05) is 26.8 Å². The van der Waals surface area contributed by atoms with Gasteiger partial charge in [0.05, 0.1) is 6.61 Å². The highest BCUT2D eigenvalue weighted by Gasteiger charge is 2.24. The molecule has 0 spiro atoms. The fraction of sp³-hybridized carbons (Fsp3) is 0.917. The van der Waals surface area contributed by atoms with E-state index in [1.807, 2.05) is 0 Å². The molecule has 16 heavy (non-hydrogen) atoms. The zero-order valence-electron chi connectivity index (χ0n) is 10.4. The van der Waals surface area contributed by atoms with Crippen LogP contribution >= 0.6 is 0 Å².